The van der Waals surface area contributed by atoms with Gasteiger partial charge in [0.2, 0.25) is 0 Å². The van der Waals surface area contributed by atoms with Crippen molar-refractivity contribution in [3.05, 3.63) is 130 Å². The van der Waals surface area contributed by atoms with Crippen LogP contribution < -0.4 is 0 Å². The van der Waals surface area contributed by atoms with Crippen LogP contribution in [0.4, 0.5) is 0 Å². The number of hydrogen-bond acceptors (Lipinski definition) is 0. The molecule has 0 spiro atoms. The fraction of sp³-hybridized carbons (Fsp3) is 0.286. The van der Waals surface area contributed by atoms with E-state index in [1.54, 1.807) is 0 Å². The molecule has 6 rings (SSSR count). The molecular formula is C42H48Cl2SiZr. The van der Waals surface area contributed by atoms with E-state index < -0.39 is 20.8 Å². The van der Waals surface area contributed by atoms with Crippen LogP contribution in [0, 0.1) is 27.7 Å². The molecule has 0 aromatic heterocycles. The molecule has 0 aliphatic carbocycles. The number of hydrogen-bond donors (Lipinski definition) is 0. The fourth-order valence-electron chi connectivity index (χ4n) is 6.19. The normalized spacial score (nSPS) is 10.3. The van der Waals surface area contributed by atoms with Gasteiger partial charge in [-0.25, -0.2) is 0 Å². The Hall–Kier alpha value is -2.22. The van der Waals surface area contributed by atoms with E-state index in [1.807, 2.05) is 0 Å². The first-order valence-corrected chi connectivity index (χ1v) is 24.6. The first-order chi connectivity index (χ1) is 22.2. The van der Waals surface area contributed by atoms with Crippen LogP contribution >= 0.6 is 17.0 Å². The Labute approximate surface area is 299 Å². The first kappa shape index (κ1) is 38.2. The Morgan fingerprint density at radius 2 is 0.913 bits per heavy atom. The van der Waals surface area contributed by atoms with Gasteiger partial charge in [0, 0.05) is 9.52 Å². The average Bonchev–Trinajstić information content (AvgIpc) is 3.63. The molecule has 6 aromatic carbocycles. The van der Waals surface area contributed by atoms with E-state index in [0.29, 0.717) is 0 Å². The number of aryl methyl sites for hydroxylation is 6. The second-order valence-corrected chi connectivity index (χ2v) is 16.7. The van der Waals surface area contributed by atoms with Crippen molar-refractivity contribution in [2.45, 2.75) is 80.3 Å². The Morgan fingerprint density at radius 1 is 0.565 bits per heavy atom. The second kappa shape index (κ2) is 19.6. The number of halogens is 2. The molecule has 0 amide bonds. The van der Waals surface area contributed by atoms with Crippen LogP contribution in [-0.4, -0.2) is 9.52 Å². The Kier molecular flexibility index (Phi) is 16.3. The molecule has 4 heteroatoms. The third-order valence-electron chi connectivity index (χ3n) is 8.22. The quantitative estimate of drug-likeness (QED) is 0.118. The van der Waals surface area contributed by atoms with Crippen molar-refractivity contribution in [2.24, 2.45) is 0 Å². The Morgan fingerprint density at radius 3 is 1.24 bits per heavy atom. The number of fused-ring (bicyclic) bond motifs is 2. The SMILES string of the molecule is CCCc1cc2c(-c3ccccc3C)c(C)ccc2[cH-]1.CCCc1cc2c(-c3ccccc3C)c(C)ccc2[cH-]1.C[Si]C.[Cl][Zr+2][Cl]. The van der Waals surface area contributed by atoms with Gasteiger partial charge in [-0.15, -0.1) is 69.1 Å². The summed E-state index contributed by atoms with van der Waals surface area (Å²) in [5.74, 6) is 0. The molecule has 0 fully saturated rings. The molecule has 2 radical (unpaired) electrons. The van der Waals surface area contributed by atoms with E-state index in [2.05, 4.69) is 152 Å². The Balaban J connectivity index is 0.000000214. The number of benzene rings is 4. The summed E-state index contributed by atoms with van der Waals surface area (Å²) in [5, 5.41) is 5.56. The summed E-state index contributed by atoms with van der Waals surface area (Å²) >= 11 is -0.826. The van der Waals surface area contributed by atoms with Gasteiger partial charge in [-0.1, -0.05) is 111 Å². The van der Waals surface area contributed by atoms with Crippen LogP contribution in [-0.2, 0) is 33.7 Å². The van der Waals surface area contributed by atoms with Gasteiger partial charge < -0.3 is 0 Å². The van der Waals surface area contributed by atoms with Crippen LogP contribution in [0.1, 0.15) is 60.1 Å². The van der Waals surface area contributed by atoms with Crippen molar-refractivity contribution in [2.75, 3.05) is 0 Å². The molecular weight excluding hydrogens is 695 g/mol. The fourth-order valence-corrected chi connectivity index (χ4v) is 6.19. The van der Waals surface area contributed by atoms with Crippen molar-refractivity contribution >= 4 is 48.1 Å². The van der Waals surface area contributed by atoms with Crippen LogP contribution in [0.5, 0.6) is 0 Å². The van der Waals surface area contributed by atoms with Gasteiger partial charge in [0.15, 0.2) is 0 Å². The molecule has 0 unspecified atom stereocenters. The minimum absolute atomic E-state index is 0.826. The van der Waals surface area contributed by atoms with Gasteiger partial charge in [0.05, 0.1) is 0 Å². The maximum atomic E-state index is 4.93. The maximum absolute atomic E-state index is 4.93. The van der Waals surface area contributed by atoms with E-state index in [1.165, 1.54) is 103 Å². The van der Waals surface area contributed by atoms with E-state index in [-0.39, 0.29) is 0 Å². The predicted octanol–water partition coefficient (Wildman–Crippen LogP) is 13.8. The topological polar surface area (TPSA) is 0 Å². The van der Waals surface area contributed by atoms with Gasteiger partial charge >= 0.3 is 37.9 Å². The van der Waals surface area contributed by atoms with Crippen LogP contribution in [0.3, 0.4) is 0 Å². The summed E-state index contributed by atoms with van der Waals surface area (Å²) in [4.78, 5) is 0. The Bertz CT molecular complexity index is 1680. The van der Waals surface area contributed by atoms with Crippen LogP contribution in [0.2, 0.25) is 13.1 Å². The third-order valence-corrected chi connectivity index (χ3v) is 8.22. The van der Waals surface area contributed by atoms with Crippen molar-refractivity contribution in [1.82, 2.24) is 0 Å². The van der Waals surface area contributed by atoms with E-state index in [4.69, 9.17) is 17.0 Å². The van der Waals surface area contributed by atoms with Gasteiger partial charge in [0.1, 0.15) is 0 Å². The van der Waals surface area contributed by atoms with Gasteiger partial charge in [0.25, 0.3) is 0 Å². The van der Waals surface area contributed by atoms with Gasteiger partial charge in [-0.2, -0.15) is 12.1 Å². The molecule has 0 N–H and O–H groups in total. The van der Waals surface area contributed by atoms with Crippen molar-refractivity contribution in [3.8, 4) is 22.3 Å². The summed E-state index contributed by atoms with van der Waals surface area (Å²) in [5.41, 5.74) is 13.9. The zero-order valence-electron chi connectivity index (χ0n) is 28.8. The van der Waals surface area contributed by atoms with E-state index >= 15 is 0 Å². The van der Waals surface area contributed by atoms with Crippen LogP contribution in [0.25, 0.3) is 43.8 Å². The summed E-state index contributed by atoms with van der Waals surface area (Å²) < 4.78 is 0. The van der Waals surface area contributed by atoms with Crippen molar-refractivity contribution < 1.29 is 20.8 Å². The zero-order valence-corrected chi connectivity index (χ0v) is 33.8. The second-order valence-electron chi connectivity index (χ2n) is 11.9. The minimum atomic E-state index is -0.826. The van der Waals surface area contributed by atoms with Gasteiger partial charge in [-0.05, 0) is 62.8 Å². The van der Waals surface area contributed by atoms with Crippen LogP contribution in [0.15, 0.2) is 97.1 Å². The predicted molar refractivity (Wildman–Crippen MR) is 206 cm³/mol. The molecule has 238 valence electrons. The monoisotopic (exact) mass is 740 g/mol. The molecule has 0 heterocycles. The average molecular weight is 743 g/mol. The molecule has 0 aliphatic rings. The molecule has 0 aliphatic heterocycles. The van der Waals surface area contributed by atoms with Crippen molar-refractivity contribution in [1.29, 1.82) is 0 Å². The molecule has 0 saturated heterocycles. The molecule has 0 atom stereocenters. The van der Waals surface area contributed by atoms with Gasteiger partial charge in [-0.3, -0.25) is 0 Å². The van der Waals surface area contributed by atoms with E-state index in [0.717, 1.165) is 9.52 Å². The number of rotatable bonds is 6. The molecule has 0 nitrogen and oxygen atoms in total. The van der Waals surface area contributed by atoms with E-state index in [9.17, 15) is 0 Å². The summed E-state index contributed by atoms with van der Waals surface area (Å²) in [7, 11) is 11.0. The summed E-state index contributed by atoms with van der Waals surface area (Å²) in [6.45, 7) is 17.6. The zero-order chi connectivity index (χ0) is 33.6. The molecule has 0 saturated carbocycles. The molecule has 0 bridgehead atoms. The molecule has 6 aromatic rings. The molecule has 46 heavy (non-hydrogen) atoms. The van der Waals surface area contributed by atoms with Crippen molar-refractivity contribution in [3.63, 3.8) is 0 Å². The summed E-state index contributed by atoms with van der Waals surface area (Å²) in [6.07, 6.45) is 4.74. The standard InChI is InChI=1S/2C20H21.C2H6Si.2ClH.Zr/c2*1-4-7-16-12-17-11-10-15(3)20(19(17)13-16)18-9-6-5-8-14(18)2;1-3-2;;;/h2*5-6,8-13H,4,7H2,1-3H3;1-2H3;2*1H;/q2*-1;;;;+4/p-2. The first-order valence-electron chi connectivity index (χ1n) is 16.3. The third kappa shape index (κ3) is 9.90. The summed E-state index contributed by atoms with van der Waals surface area (Å²) in [6, 6.07) is 35.8.